The highest BCUT2D eigenvalue weighted by molar-refractivity contribution is 7.19. The summed E-state index contributed by atoms with van der Waals surface area (Å²) in [5.41, 5.74) is 1.09. The fourth-order valence-corrected chi connectivity index (χ4v) is 4.66. The summed E-state index contributed by atoms with van der Waals surface area (Å²) in [6, 6.07) is 8.16. The van der Waals surface area contributed by atoms with Crippen molar-refractivity contribution < 1.29 is 19.4 Å². The number of carboxylic acid groups (broad SMARTS) is 1. The van der Waals surface area contributed by atoms with Crippen LogP contribution in [0.4, 0.5) is 5.69 Å². The SMILES string of the molecule is O=C(O)CC1Oc2ccc(Cl)cc2N(Cc2nc3cc(Cl)cc(Cl)c3s2)C1=O. The highest BCUT2D eigenvalue weighted by Gasteiger charge is 2.36. The number of aromatic nitrogens is 1. The van der Waals surface area contributed by atoms with E-state index in [2.05, 4.69) is 4.98 Å². The molecule has 2 heterocycles. The molecule has 0 radical (unpaired) electrons. The van der Waals surface area contributed by atoms with Gasteiger partial charge in [0.1, 0.15) is 10.8 Å². The highest BCUT2D eigenvalue weighted by atomic mass is 35.5. The molecule has 10 heteroatoms. The quantitative estimate of drug-likeness (QED) is 0.595. The number of anilines is 1. The lowest BCUT2D eigenvalue weighted by molar-refractivity contribution is -0.142. The van der Waals surface area contributed by atoms with Crippen LogP contribution < -0.4 is 9.64 Å². The Labute approximate surface area is 178 Å². The molecule has 2 aromatic carbocycles. The van der Waals surface area contributed by atoms with Gasteiger partial charge in [-0.25, -0.2) is 4.98 Å². The van der Waals surface area contributed by atoms with E-state index in [0.717, 1.165) is 4.70 Å². The zero-order valence-electron chi connectivity index (χ0n) is 14.0. The largest absolute Gasteiger partial charge is 0.481 e. The molecule has 1 amide bonds. The lowest BCUT2D eigenvalue weighted by atomic mass is 10.1. The van der Waals surface area contributed by atoms with Gasteiger partial charge in [0.2, 0.25) is 0 Å². The summed E-state index contributed by atoms with van der Waals surface area (Å²) in [5.74, 6) is -1.21. The van der Waals surface area contributed by atoms with Crippen molar-refractivity contribution in [2.75, 3.05) is 4.90 Å². The van der Waals surface area contributed by atoms with Crippen LogP contribution in [0.5, 0.6) is 5.75 Å². The topological polar surface area (TPSA) is 79.7 Å². The molecule has 1 unspecified atom stereocenters. The number of carbonyl (C=O) groups excluding carboxylic acids is 1. The predicted molar refractivity (Wildman–Crippen MR) is 109 cm³/mol. The Kier molecular flexibility index (Phi) is 5.09. The maximum absolute atomic E-state index is 12.9. The number of ether oxygens (including phenoxy) is 1. The van der Waals surface area contributed by atoms with Gasteiger partial charge in [-0.1, -0.05) is 34.8 Å². The molecule has 1 atom stereocenters. The summed E-state index contributed by atoms with van der Waals surface area (Å²) in [7, 11) is 0. The van der Waals surface area contributed by atoms with Gasteiger partial charge in [-0.15, -0.1) is 11.3 Å². The van der Waals surface area contributed by atoms with E-state index in [4.69, 9.17) is 44.6 Å². The van der Waals surface area contributed by atoms with E-state index in [9.17, 15) is 9.59 Å². The van der Waals surface area contributed by atoms with Crippen molar-refractivity contribution in [1.29, 1.82) is 0 Å². The van der Waals surface area contributed by atoms with E-state index in [-0.39, 0.29) is 6.54 Å². The molecule has 1 aromatic heterocycles. The molecule has 0 fully saturated rings. The third-order valence-electron chi connectivity index (χ3n) is 4.13. The fraction of sp³-hybridized carbons (Fsp3) is 0.167. The van der Waals surface area contributed by atoms with E-state index in [0.29, 0.717) is 37.0 Å². The van der Waals surface area contributed by atoms with E-state index in [1.54, 1.807) is 30.3 Å². The number of aliphatic carboxylic acids is 1. The summed E-state index contributed by atoms with van der Waals surface area (Å²) in [6.45, 7) is 0.124. The fourth-order valence-electron chi connectivity index (χ4n) is 2.96. The van der Waals surface area contributed by atoms with Crippen molar-refractivity contribution in [1.82, 2.24) is 4.98 Å². The number of carbonyl (C=O) groups is 2. The van der Waals surface area contributed by atoms with E-state index >= 15 is 0 Å². The van der Waals surface area contributed by atoms with Crippen LogP contribution >= 0.6 is 46.1 Å². The first-order chi connectivity index (χ1) is 13.3. The molecule has 4 rings (SSSR count). The van der Waals surface area contributed by atoms with Crippen molar-refractivity contribution in [2.24, 2.45) is 0 Å². The number of halogens is 3. The molecule has 28 heavy (non-hydrogen) atoms. The van der Waals surface area contributed by atoms with Gasteiger partial charge in [-0.05, 0) is 30.3 Å². The van der Waals surface area contributed by atoms with Gasteiger partial charge in [0, 0.05) is 10.0 Å². The van der Waals surface area contributed by atoms with Crippen molar-refractivity contribution in [3.63, 3.8) is 0 Å². The predicted octanol–water partition coefficient (Wildman–Crippen LogP) is 5.03. The van der Waals surface area contributed by atoms with Crippen LogP contribution in [0.15, 0.2) is 30.3 Å². The first-order valence-electron chi connectivity index (χ1n) is 8.05. The molecule has 0 bridgehead atoms. The molecule has 1 N–H and O–H groups in total. The normalized spacial score (nSPS) is 16.2. The zero-order chi connectivity index (χ0) is 20.0. The number of carboxylic acids is 1. The number of benzene rings is 2. The third kappa shape index (κ3) is 3.63. The minimum absolute atomic E-state index is 0.124. The maximum atomic E-state index is 12.9. The molecule has 1 aliphatic rings. The second-order valence-electron chi connectivity index (χ2n) is 6.08. The molecular weight excluding hydrogens is 447 g/mol. The standard InChI is InChI=1S/C18H11Cl3N2O4S/c19-8-1-2-13-12(5-8)23(18(26)14(27-13)6-16(24)25)7-15-22-11-4-9(20)3-10(21)17(11)28-15/h1-5,14H,6-7H2,(H,24,25). The lowest BCUT2D eigenvalue weighted by Gasteiger charge is -2.33. The molecule has 0 saturated carbocycles. The van der Waals surface area contributed by atoms with Crippen LogP contribution in [0.25, 0.3) is 10.2 Å². The van der Waals surface area contributed by atoms with Crippen LogP contribution in [0.2, 0.25) is 15.1 Å². The Hall–Kier alpha value is -2.06. The summed E-state index contributed by atoms with van der Waals surface area (Å²) in [5, 5.41) is 11.1. The molecule has 0 saturated heterocycles. The van der Waals surface area contributed by atoms with E-state index in [1.807, 2.05) is 0 Å². The Morgan fingerprint density at radius 1 is 1.21 bits per heavy atom. The average Bonchev–Trinajstić information content (AvgIpc) is 3.01. The molecule has 144 valence electrons. The Morgan fingerprint density at radius 3 is 2.75 bits per heavy atom. The van der Waals surface area contributed by atoms with Crippen molar-refractivity contribution in [3.05, 3.63) is 50.4 Å². The molecule has 0 aliphatic carbocycles. The average molecular weight is 458 g/mol. The monoisotopic (exact) mass is 456 g/mol. The first kappa shape index (κ1) is 19.3. The van der Waals surface area contributed by atoms with Gasteiger partial charge >= 0.3 is 5.97 Å². The molecule has 0 spiro atoms. The van der Waals surface area contributed by atoms with Gasteiger partial charge in [0.15, 0.2) is 6.10 Å². The van der Waals surface area contributed by atoms with Crippen molar-refractivity contribution in [2.45, 2.75) is 19.1 Å². The second kappa shape index (κ2) is 7.40. The number of thiazole rings is 1. The molecule has 6 nitrogen and oxygen atoms in total. The van der Waals surface area contributed by atoms with Crippen LogP contribution in [0.3, 0.4) is 0 Å². The van der Waals surface area contributed by atoms with Crippen LogP contribution in [-0.4, -0.2) is 28.1 Å². The van der Waals surface area contributed by atoms with Gasteiger partial charge in [0.05, 0.1) is 33.9 Å². The number of amides is 1. The third-order valence-corrected chi connectivity index (χ3v) is 6.08. The Morgan fingerprint density at radius 2 is 2.00 bits per heavy atom. The molecular formula is C18H11Cl3N2O4S. The molecule has 1 aliphatic heterocycles. The zero-order valence-corrected chi connectivity index (χ0v) is 17.1. The van der Waals surface area contributed by atoms with Gasteiger partial charge in [0.25, 0.3) is 5.91 Å². The Balaban J connectivity index is 1.74. The number of hydrogen-bond donors (Lipinski definition) is 1. The minimum Gasteiger partial charge on any atom is -0.481 e. The summed E-state index contributed by atoms with van der Waals surface area (Å²) < 4.78 is 6.34. The number of nitrogens with zero attached hydrogens (tertiary/aromatic N) is 2. The maximum Gasteiger partial charge on any atom is 0.307 e. The van der Waals surface area contributed by atoms with Gasteiger partial charge in [-0.3, -0.25) is 14.5 Å². The summed E-state index contributed by atoms with van der Waals surface area (Å²) >= 11 is 19.7. The number of hydrogen-bond acceptors (Lipinski definition) is 5. The van der Waals surface area contributed by atoms with Gasteiger partial charge < -0.3 is 9.84 Å². The lowest BCUT2D eigenvalue weighted by Crippen LogP contribution is -2.46. The van der Waals surface area contributed by atoms with Crippen LogP contribution in [0, 0.1) is 0 Å². The first-order valence-corrected chi connectivity index (χ1v) is 10.0. The van der Waals surface area contributed by atoms with E-state index < -0.39 is 24.4 Å². The summed E-state index contributed by atoms with van der Waals surface area (Å²) in [4.78, 5) is 30.0. The molecule has 3 aromatic rings. The van der Waals surface area contributed by atoms with Crippen LogP contribution in [-0.2, 0) is 16.1 Å². The minimum atomic E-state index is -1.13. The number of fused-ring (bicyclic) bond motifs is 2. The van der Waals surface area contributed by atoms with Crippen molar-refractivity contribution >= 4 is 73.9 Å². The number of rotatable bonds is 4. The van der Waals surface area contributed by atoms with Gasteiger partial charge in [-0.2, -0.15) is 0 Å². The summed E-state index contributed by atoms with van der Waals surface area (Å²) in [6.07, 6.45) is -1.57. The second-order valence-corrected chi connectivity index (χ2v) is 8.45. The Bertz CT molecular complexity index is 1120. The smallest absolute Gasteiger partial charge is 0.307 e. The highest BCUT2D eigenvalue weighted by Crippen LogP contribution is 2.39. The van der Waals surface area contributed by atoms with Crippen LogP contribution in [0.1, 0.15) is 11.4 Å². The van der Waals surface area contributed by atoms with Crippen molar-refractivity contribution in [3.8, 4) is 5.75 Å². The van der Waals surface area contributed by atoms with E-state index in [1.165, 1.54) is 16.2 Å².